The van der Waals surface area contributed by atoms with E-state index in [2.05, 4.69) is 124 Å². The number of hydrogen-bond acceptors (Lipinski definition) is 12. The summed E-state index contributed by atoms with van der Waals surface area (Å²) in [6, 6.07) is 37.9. The van der Waals surface area contributed by atoms with Crippen LogP contribution in [0, 0.1) is 83.0 Å². The molecule has 30 heteroatoms. The maximum absolute atomic E-state index is 14.8. The van der Waals surface area contributed by atoms with Gasteiger partial charge in [0.25, 0.3) is 23.6 Å². The number of nitrogens with one attached hydrogen (secondary N) is 4. The summed E-state index contributed by atoms with van der Waals surface area (Å²) in [5.41, 5.74) is 7.96. The fraction of sp³-hybridized carbons (Fsp3) is 0.504. The molecule has 0 bridgehead atoms. The Balaban J connectivity index is 0.000000160. The topological polar surface area (TPSA) is 211 Å². The second-order valence-corrected chi connectivity index (χ2v) is 44.1. The minimum Gasteiger partial charge on any atom is -0.355 e. The SMILES string of the molecule is CNC(=O)c1cc(C)ccc1C1CCN(C(=O)C2CN(C(C)(C)C)C[C@H]2c2ccc(F)cc2F)CC1.CNC(=O)c1cc(Cl)ccc1C1CCN(C(=O)C2CN(C(C)(C)C)C[C@H]2c2ccc(F)cc2F)CC1.CNC(=O)c1cc(F)ccc1C1CCN(C(=O)C2CN(C(C)(C)C)C[C@H]2c2ccc(F)cc2F)CC1.CNC(=O)c1ccccc1C1CCN(C(=O)C2CN(C(C)(C)C)C[C@H]2c2ccc(F)cc2F)CC1. The molecular weight excluding hydrogens is 1860 g/mol. The van der Waals surface area contributed by atoms with Crippen LogP contribution in [-0.2, 0) is 19.2 Å². The van der Waals surface area contributed by atoms with Crippen molar-refractivity contribution in [3.63, 3.8) is 0 Å². The van der Waals surface area contributed by atoms with Crippen molar-refractivity contribution in [3.05, 3.63) is 281 Å². The molecule has 0 spiro atoms. The van der Waals surface area contributed by atoms with E-state index in [0.717, 1.165) is 90.6 Å². The van der Waals surface area contributed by atoms with Crippen LogP contribution in [0.3, 0.4) is 0 Å². The van der Waals surface area contributed by atoms with E-state index in [-0.39, 0.29) is 129 Å². The molecule has 16 rings (SSSR count). The number of carbonyl (C=O) groups is 8. The Morgan fingerprint density at radius 3 is 0.762 bits per heavy atom. The molecule has 8 amide bonds. The lowest BCUT2D eigenvalue weighted by Crippen LogP contribution is -2.44. The normalized spacial score (nSPS) is 21.6. The van der Waals surface area contributed by atoms with E-state index < -0.39 is 64.2 Å². The number of aryl methyl sites for hydroxylation is 1. The van der Waals surface area contributed by atoms with Crippen molar-refractivity contribution >= 4 is 58.9 Å². The van der Waals surface area contributed by atoms with Crippen molar-refractivity contribution in [1.82, 2.24) is 60.5 Å². The van der Waals surface area contributed by atoms with E-state index in [1.807, 2.05) is 75.1 Å². The fourth-order valence-electron chi connectivity index (χ4n) is 22.4. The molecule has 4 N–H and O–H groups in total. The van der Waals surface area contributed by atoms with Crippen molar-refractivity contribution in [2.45, 2.75) is 211 Å². The van der Waals surface area contributed by atoms with Gasteiger partial charge < -0.3 is 40.9 Å². The number of benzene rings is 8. The van der Waals surface area contributed by atoms with Crippen LogP contribution in [0.4, 0.5) is 39.5 Å². The fourth-order valence-corrected chi connectivity index (χ4v) is 22.6. The van der Waals surface area contributed by atoms with E-state index in [0.29, 0.717) is 167 Å². The van der Waals surface area contributed by atoms with E-state index in [1.54, 1.807) is 39.3 Å². The third kappa shape index (κ3) is 25.8. The van der Waals surface area contributed by atoms with Gasteiger partial charge in [0.1, 0.15) is 52.4 Å². The Morgan fingerprint density at radius 2 is 0.497 bits per heavy atom. The van der Waals surface area contributed by atoms with Gasteiger partial charge in [0, 0.05) is 230 Å². The number of rotatable bonds is 16. The lowest BCUT2D eigenvalue weighted by Gasteiger charge is -2.35. The largest absolute Gasteiger partial charge is 0.355 e. The minimum atomic E-state index is -0.635. The summed E-state index contributed by atoms with van der Waals surface area (Å²) in [5.74, 6) is -8.41. The summed E-state index contributed by atoms with van der Waals surface area (Å²) in [6.07, 6.45) is 5.81. The lowest BCUT2D eigenvalue weighted by atomic mass is 9.84. The molecule has 0 saturated carbocycles. The maximum Gasteiger partial charge on any atom is 0.251 e. The Morgan fingerprint density at radius 1 is 0.273 bits per heavy atom. The number of halogens is 10. The summed E-state index contributed by atoms with van der Waals surface area (Å²) >= 11 is 6.14. The van der Waals surface area contributed by atoms with Gasteiger partial charge in [-0.2, -0.15) is 0 Å². The summed E-state index contributed by atoms with van der Waals surface area (Å²) < 4.78 is 127. The predicted molar refractivity (Wildman–Crippen MR) is 539 cm³/mol. The molecule has 20 nitrogen and oxygen atoms in total. The molecule has 770 valence electrons. The van der Waals surface area contributed by atoms with Gasteiger partial charge in [-0.25, -0.2) is 39.5 Å². The molecule has 8 aliphatic heterocycles. The van der Waals surface area contributed by atoms with Crippen LogP contribution >= 0.6 is 11.6 Å². The van der Waals surface area contributed by atoms with Gasteiger partial charge in [0.05, 0.1) is 23.7 Å². The van der Waals surface area contributed by atoms with Crippen LogP contribution in [0.2, 0.25) is 5.02 Å². The average molecular weight is 2000 g/mol. The number of hydrogen-bond donors (Lipinski definition) is 4. The first kappa shape index (κ1) is 109. The molecule has 8 atom stereocenters. The van der Waals surface area contributed by atoms with E-state index in [1.165, 1.54) is 67.7 Å². The summed E-state index contributed by atoms with van der Waals surface area (Å²) in [7, 11) is 6.38. The van der Waals surface area contributed by atoms with Crippen LogP contribution < -0.4 is 21.3 Å². The van der Waals surface area contributed by atoms with Gasteiger partial charge in [-0.15, -0.1) is 0 Å². The van der Waals surface area contributed by atoms with Crippen molar-refractivity contribution in [3.8, 4) is 0 Å². The summed E-state index contributed by atoms with van der Waals surface area (Å²) in [6.45, 7) is 35.7. The molecule has 8 aromatic carbocycles. The van der Waals surface area contributed by atoms with Gasteiger partial charge >= 0.3 is 0 Å². The number of piperidine rings is 4. The average Bonchev–Trinajstić information content (AvgIpc) is 1.63. The molecule has 0 aromatic heterocycles. The highest BCUT2D eigenvalue weighted by Gasteiger charge is 2.51. The second kappa shape index (κ2) is 46.2. The highest BCUT2D eigenvalue weighted by Crippen LogP contribution is 2.47. The number of carbonyl (C=O) groups excluding carboxylic acids is 8. The Bertz CT molecular complexity index is 5500. The smallest absolute Gasteiger partial charge is 0.251 e. The minimum absolute atomic E-state index is 0.0107. The van der Waals surface area contributed by atoms with Gasteiger partial charge in [-0.05, 0) is 270 Å². The van der Waals surface area contributed by atoms with Gasteiger partial charge in [-0.3, -0.25) is 58.0 Å². The highest BCUT2D eigenvalue weighted by atomic mass is 35.5. The third-order valence-corrected chi connectivity index (χ3v) is 31.1. The molecule has 8 saturated heterocycles. The summed E-state index contributed by atoms with van der Waals surface area (Å²) in [5, 5.41) is 11.2. The molecular formula is C113H140ClF9N12O8. The molecule has 8 aromatic rings. The van der Waals surface area contributed by atoms with Crippen LogP contribution in [0.1, 0.15) is 273 Å². The quantitative estimate of drug-likeness (QED) is 0.0666. The molecule has 4 unspecified atom stereocenters. The zero-order valence-electron chi connectivity index (χ0n) is 85.5. The molecule has 0 aliphatic carbocycles. The van der Waals surface area contributed by atoms with Crippen molar-refractivity contribution in [2.75, 3.05) is 133 Å². The standard InChI is InChI=1S/C29H37F2N3O2.C28H34ClF2N3O2.C28H34F3N3O2.C28H35F2N3O2/c1-18-6-8-21(23(14-18)27(35)32-5)19-10-12-33(13-11-19)28(36)25-17-34(29(2,3)4)16-24(25)22-9-7-20(30)15-26(22)31;2*1-28(2,3)34-15-23(21-8-6-19(30)14-25(21)31)24(16-34)27(36)33-11-9-17(10-12-33)20-7-5-18(29)13-22(20)26(35)32-4;1-28(2,3)33-16-23(21-10-9-19(29)15-25(21)30)24(17-33)27(35)32-13-11-18(12-14-32)20-7-5-6-8-22(20)26(34)31-4/h6-9,14-15,19,24-25H,10-13,16-17H2,1-5H3,(H,32,35);2*5-8,13-14,17,23-24H,9-12,15-16H2,1-4H3,(H,32,35);5-10,15,18,23-24H,11-14,16-17H2,1-4H3,(H,31,34)/t24-,25?;3*23-,24?/m0000/s1. The highest BCUT2D eigenvalue weighted by molar-refractivity contribution is 6.31. The first-order valence-corrected chi connectivity index (χ1v) is 50.6. The molecule has 143 heavy (non-hydrogen) atoms. The van der Waals surface area contributed by atoms with Crippen molar-refractivity contribution < 1.29 is 77.9 Å². The van der Waals surface area contributed by atoms with Crippen LogP contribution in [0.25, 0.3) is 0 Å². The Hall–Kier alpha value is -11.0. The Kier molecular flexibility index (Phi) is 35.3. The van der Waals surface area contributed by atoms with Gasteiger partial charge in [0.2, 0.25) is 23.6 Å². The van der Waals surface area contributed by atoms with Gasteiger partial charge in [0.15, 0.2) is 0 Å². The molecule has 8 fully saturated rings. The number of nitrogens with zero attached hydrogens (tertiary/aromatic N) is 8. The molecule has 8 heterocycles. The van der Waals surface area contributed by atoms with Crippen LogP contribution in [0.5, 0.6) is 0 Å². The first-order chi connectivity index (χ1) is 67.6. The number of amides is 8. The monoisotopic (exact) mass is 2000 g/mol. The summed E-state index contributed by atoms with van der Waals surface area (Å²) in [4.78, 5) is 121. The third-order valence-electron chi connectivity index (χ3n) is 30.9. The number of likely N-dealkylation sites (tertiary alicyclic amines) is 8. The van der Waals surface area contributed by atoms with Crippen molar-refractivity contribution in [1.29, 1.82) is 0 Å². The van der Waals surface area contributed by atoms with E-state index in [9.17, 15) is 77.9 Å². The molecule has 0 radical (unpaired) electrons. The zero-order chi connectivity index (χ0) is 104. The van der Waals surface area contributed by atoms with E-state index >= 15 is 0 Å². The maximum atomic E-state index is 14.8. The van der Waals surface area contributed by atoms with Crippen LogP contribution in [0.15, 0.2) is 152 Å². The lowest BCUT2D eigenvalue weighted by molar-refractivity contribution is -0.137. The van der Waals surface area contributed by atoms with E-state index in [4.69, 9.17) is 11.6 Å². The van der Waals surface area contributed by atoms with Gasteiger partial charge in [-0.1, -0.05) is 83.9 Å². The zero-order valence-corrected chi connectivity index (χ0v) is 86.2. The predicted octanol–water partition coefficient (Wildman–Crippen LogP) is 19.3. The Labute approximate surface area is 841 Å². The van der Waals surface area contributed by atoms with Crippen molar-refractivity contribution in [2.24, 2.45) is 23.7 Å². The second-order valence-electron chi connectivity index (χ2n) is 43.7. The van der Waals surface area contributed by atoms with Crippen LogP contribution in [-0.4, -0.2) is 242 Å². The first-order valence-electron chi connectivity index (χ1n) is 50.2. The molecule has 8 aliphatic rings.